The van der Waals surface area contributed by atoms with Gasteiger partial charge in [0.05, 0.1) is 20.4 Å². The SMILES string of the molecule is COC(=O)Nc1ccc(Sc2ccc3nc(NC(=O)OC)cn3c2)cc1. The van der Waals surface area contributed by atoms with Gasteiger partial charge in [-0.15, -0.1) is 0 Å². The first-order chi connectivity index (χ1) is 12.6. The predicted octanol–water partition coefficient (Wildman–Crippen LogP) is 3.84. The van der Waals surface area contributed by atoms with Crippen LogP contribution < -0.4 is 10.6 Å². The van der Waals surface area contributed by atoms with Crippen LogP contribution in [0.25, 0.3) is 5.65 Å². The number of imidazole rings is 1. The van der Waals surface area contributed by atoms with Crippen LogP contribution in [-0.2, 0) is 9.47 Å². The van der Waals surface area contributed by atoms with Crippen LogP contribution in [0.3, 0.4) is 0 Å². The number of carbonyl (C=O) groups excluding carboxylic acids is 2. The molecule has 1 aromatic carbocycles. The molecule has 2 aromatic heterocycles. The number of benzene rings is 1. The Morgan fingerprint density at radius 1 is 0.923 bits per heavy atom. The Morgan fingerprint density at radius 2 is 1.58 bits per heavy atom. The van der Waals surface area contributed by atoms with Crippen LogP contribution in [-0.4, -0.2) is 35.8 Å². The minimum atomic E-state index is -0.566. The molecule has 9 heteroatoms. The van der Waals surface area contributed by atoms with E-state index in [0.717, 1.165) is 9.79 Å². The van der Waals surface area contributed by atoms with Gasteiger partial charge in [-0.3, -0.25) is 10.6 Å². The lowest BCUT2D eigenvalue weighted by molar-refractivity contribution is 0.186. The minimum Gasteiger partial charge on any atom is -0.453 e. The molecule has 8 nitrogen and oxygen atoms in total. The fraction of sp³-hybridized carbons (Fsp3) is 0.118. The zero-order chi connectivity index (χ0) is 18.5. The van der Waals surface area contributed by atoms with Crippen molar-refractivity contribution in [2.24, 2.45) is 0 Å². The summed E-state index contributed by atoms with van der Waals surface area (Å²) in [4.78, 5) is 28.7. The zero-order valence-electron chi connectivity index (χ0n) is 14.1. The number of rotatable bonds is 4. The molecule has 2 N–H and O–H groups in total. The summed E-state index contributed by atoms with van der Waals surface area (Å²) < 4.78 is 10.9. The molecule has 0 saturated heterocycles. The van der Waals surface area contributed by atoms with Crippen molar-refractivity contribution in [3.8, 4) is 0 Å². The zero-order valence-corrected chi connectivity index (χ0v) is 14.9. The van der Waals surface area contributed by atoms with Crippen molar-refractivity contribution >= 4 is 41.1 Å². The topological polar surface area (TPSA) is 94.0 Å². The van der Waals surface area contributed by atoms with Crippen LogP contribution in [0.2, 0.25) is 0 Å². The molecule has 26 heavy (non-hydrogen) atoms. The van der Waals surface area contributed by atoms with E-state index in [-0.39, 0.29) is 0 Å². The van der Waals surface area contributed by atoms with Crippen molar-refractivity contribution in [1.29, 1.82) is 0 Å². The highest BCUT2D eigenvalue weighted by atomic mass is 32.2. The van der Waals surface area contributed by atoms with Gasteiger partial charge in [-0.1, -0.05) is 11.8 Å². The smallest absolute Gasteiger partial charge is 0.412 e. The van der Waals surface area contributed by atoms with Gasteiger partial charge in [0.2, 0.25) is 0 Å². The molecule has 0 radical (unpaired) electrons. The van der Waals surface area contributed by atoms with Gasteiger partial charge < -0.3 is 13.9 Å². The summed E-state index contributed by atoms with van der Waals surface area (Å²) in [5.41, 5.74) is 1.36. The molecular formula is C17H16N4O4S. The molecule has 0 aliphatic rings. The third kappa shape index (κ3) is 4.25. The van der Waals surface area contributed by atoms with Gasteiger partial charge >= 0.3 is 12.2 Å². The predicted molar refractivity (Wildman–Crippen MR) is 97.8 cm³/mol. The van der Waals surface area contributed by atoms with Crippen LogP contribution in [0.1, 0.15) is 0 Å². The molecule has 0 bridgehead atoms. The van der Waals surface area contributed by atoms with Crippen LogP contribution >= 0.6 is 11.8 Å². The second kappa shape index (κ2) is 7.79. The fourth-order valence-electron chi connectivity index (χ4n) is 2.16. The van der Waals surface area contributed by atoms with E-state index in [4.69, 9.17) is 0 Å². The average molecular weight is 372 g/mol. The maximum absolute atomic E-state index is 11.3. The fourth-order valence-corrected chi connectivity index (χ4v) is 3.01. The van der Waals surface area contributed by atoms with E-state index in [1.807, 2.05) is 34.9 Å². The van der Waals surface area contributed by atoms with Crippen LogP contribution in [0.15, 0.2) is 58.6 Å². The summed E-state index contributed by atoms with van der Waals surface area (Å²) in [6.07, 6.45) is 2.55. The molecule has 0 aliphatic carbocycles. The number of nitrogens with zero attached hydrogens (tertiary/aromatic N) is 2. The number of carbonyl (C=O) groups is 2. The largest absolute Gasteiger partial charge is 0.453 e. The molecule has 2 amide bonds. The molecule has 0 aliphatic heterocycles. The highest BCUT2D eigenvalue weighted by Gasteiger charge is 2.07. The Hall–Kier alpha value is -3.20. The number of methoxy groups -OCH3 is 2. The van der Waals surface area contributed by atoms with E-state index < -0.39 is 12.2 Å². The number of hydrogen-bond donors (Lipinski definition) is 2. The van der Waals surface area contributed by atoms with Crippen LogP contribution in [0.4, 0.5) is 21.1 Å². The second-order valence-corrected chi connectivity index (χ2v) is 6.26. The molecule has 3 rings (SSSR count). The summed E-state index contributed by atoms with van der Waals surface area (Å²) in [5, 5.41) is 5.13. The van der Waals surface area contributed by atoms with Gasteiger partial charge in [-0.25, -0.2) is 14.6 Å². The maximum atomic E-state index is 11.3. The van der Waals surface area contributed by atoms with Crippen LogP contribution in [0.5, 0.6) is 0 Å². The van der Waals surface area contributed by atoms with Crippen molar-refractivity contribution in [1.82, 2.24) is 9.38 Å². The average Bonchev–Trinajstić information content (AvgIpc) is 3.04. The van der Waals surface area contributed by atoms with Gasteiger partial charge in [-0.05, 0) is 36.4 Å². The molecular weight excluding hydrogens is 356 g/mol. The number of nitrogens with one attached hydrogen (secondary N) is 2. The highest BCUT2D eigenvalue weighted by molar-refractivity contribution is 7.99. The molecule has 0 atom stereocenters. The lowest BCUT2D eigenvalue weighted by atomic mass is 10.3. The Labute approximate surface area is 153 Å². The van der Waals surface area contributed by atoms with Crippen molar-refractivity contribution in [2.45, 2.75) is 9.79 Å². The molecule has 0 unspecified atom stereocenters. The number of hydrogen-bond acceptors (Lipinski definition) is 6. The first-order valence-electron chi connectivity index (χ1n) is 7.54. The second-order valence-electron chi connectivity index (χ2n) is 5.12. The number of anilines is 2. The molecule has 2 heterocycles. The lowest BCUT2D eigenvalue weighted by Crippen LogP contribution is -2.10. The quantitative estimate of drug-likeness (QED) is 0.723. The van der Waals surface area contributed by atoms with Gasteiger partial charge in [-0.2, -0.15) is 0 Å². The number of aromatic nitrogens is 2. The van der Waals surface area contributed by atoms with E-state index in [0.29, 0.717) is 17.2 Å². The normalized spacial score (nSPS) is 10.4. The molecule has 0 fully saturated rings. The van der Waals surface area contributed by atoms with E-state index in [9.17, 15) is 9.59 Å². The highest BCUT2D eigenvalue weighted by Crippen LogP contribution is 2.29. The minimum absolute atomic E-state index is 0.414. The summed E-state index contributed by atoms with van der Waals surface area (Å²) in [6, 6.07) is 11.2. The Balaban J connectivity index is 1.72. The first-order valence-corrected chi connectivity index (χ1v) is 8.35. The molecule has 0 saturated carbocycles. The third-order valence-electron chi connectivity index (χ3n) is 3.36. The molecule has 3 aromatic rings. The Kier molecular flexibility index (Phi) is 5.28. The van der Waals surface area contributed by atoms with E-state index in [1.54, 1.807) is 30.1 Å². The Bertz CT molecular complexity index is 940. The van der Waals surface area contributed by atoms with Crippen molar-refractivity contribution < 1.29 is 19.1 Å². The summed E-state index contributed by atoms with van der Waals surface area (Å²) in [6.45, 7) is 0. The van der Waals surface area contributed by atoms with Crippen molar-refractivity contribution in [3.63, 3.8) is 0 Å². The van der Waals surface area contributed by atoms with E-state index in [1.165, 1.54) is 14.2 Å². The summed E-state index contributed by atoms with van der Waals surface area (Å²) >= 11 is 1.56. The number of fused-ring (bicyclic) bond motifs is 1. The van der Waals surface area contributed by atoms with Gasteiger partial charge in [0, 0.05) is 21.7 Å². The lowest BCUT2D eigenvalue weighted by Gasteiger charge is -2.06. The third-order valence-corrected chi connectivity index (χ3v) is 4.35. The molecule has 134 valence electrons. The standard InChI is InChI=1S/C17H16N4O4S/c1-24-16(22)18-11-3-5-12(6-4-11)26-13-7-8-15-19-14(10-21(15)9-13)20-17(23)25-2/h3-10H,1-2H3,(H,18,22)(H,20,23). The maximum Gasteiger partial charge on any atom is 0.412 e. The summed E-state index contributed by atoms with van der Waals surface area (Å²) in [7, 11) is 2.61. The van der Waals surface area contributed by atoms with Crippen LogP contribution in [0, 0.1) is 0 Å². The van der Waals surface area contributed by atoms with Crippen molar-refractivity contribution in [3.05, 3.63) is 48.8 Å². The summed E-state index contributed by atoms with van der Waals surface area (Å²) in [5.74, 6) is 0.414. The number of amides is 2. The van der Waals surface area contributed by atoms with Gasteiger partial charge in [0.15, 0.2) is 5.82 Å². The van der Waals surface area contributed by atoms with Gasteiger partial charge in [0.1, 0.15) is 5.65 Å². The number of ether oxygens (including phenoxy) is 2. The van der Waals surface area contributed by atoms with Gasteiger partial charge in [0.25, 0.3) is 0 Å². The van der Waals surface area contributed by atoms with E-state index >= 15 is 0 Å². The number of pyridine rings is 1. The monoisotopic (exact) mass is 372 g/mol. The van der Waals surface area contributed by atoms with Crippen molar-refractivity contribution in [2.75, 3.05) is 24.9 Å². The Morgan fingerprint density at radius 3 is 2.27 bits per heavy atom. The molecule has 0 spiro atoms. The van der Waals surface area contributed by atoms with E-state index in [2.05, 4.69) is 25.1 Å². The first kappa shape index (κ1) is 17.6.